The zero-order valence-electron chi connectivity index (χ0n) is 17.8. The highest BCUT2D eigenvalue weighted by Crippen LogP contribution is 2.39. The van der Waals surface area contributed by atoms with E-state index in [1.54, 1.807) is 12.3 Å². The number of fused-ring (bicyclic) bond motifs is 2. The number of halogens is 2. The minimum atomic E-state index is -1.24. The van der Waals surface area contributed by atoms with Crippen LogP contribution in [0.1, 0.15) is 12.0 Å². The highest BCUT2D eigenvalue weighted by atomic mass is 19.1. The van der Waals surface area contributed by atoms with Crippen LogP contribution in [-0.4, -0.2) is 53.7 Å². The smallest absolute Gasteiger partial charge is 0.410 e. The van der Waals surface area contributed by atoms with Crippen molar-refractivity contribution >= 4 is 34.1 Å². The summed E-state index contributed by atoms with van der Waals surface area (Å²) in [5.74, 6) is 0.0287. The summed E-state index contributed by atoms with van der Waals surface area (Å²) in [5, 5.41) is 15.2. The molecule has 174 valence electrons. The molecule has 4 heterocycles. The Morgan fingerprint density at radius 3 is 2.76 bits per heavy atom. The van der Waals surface area contributed by atoms with E-state index in [1.807, 2.05) is 6.92 Å². The maximum atomic E-state index is 15.0. The van der Waals surface area contributed by atoms with E-state index in [2.05, 4.69) is 25.3 Å². The predicted molar refractivity (Wildman–Crippen MR) is 120 cm³/mol. The zero-order valence-corrected chi connectivity index (χ0v) is 17.8. The van der Waals surface area contributed by atoms with Crippen LogP contribution in [0.3, 0.4) is 0 Å². The third kappa shape index (κ3) is 4.72. The van der Waals surface area contributed by atoms with Gasteiger partial charge < -0.3 is 25.6 Å². The van der Waals surface area contributed by atoms with Crippen LogP contribution in [-0.2, 0) is 4.74 Å². The van der Waals surface area contributed by atoms with Gasteiger partial charge in [-0.25, -0.2) is 23.5 Å². The zero-order chi connectivity index (χ0) is 23.5. The molecule has 1 saturated heterocycles. The minimum absolute atomic E-state index is 0.0572. The Morgan fingerprint density at radius 1 is 1.27 bits per heavy atom. The third-order valence-corrected chi connectivity index (χ3v) is 5.34. The number of nitrogens with zero attached hydrogens (tertiary/aromatic N) is 2. The van der Waals surface area contributed by atoms with E-state index in [0.29, 0.717) is 55.0 Å². The Bertz CT molecular complexity index is 1200. The van der Waals surface area contributed by atoms with Gasteiger partial charge in [-0.15, -0.1) is 0 Å². The lowest BCUT2D eigenvalue weighted by Crippen LogP contribution is -2.20. The molecule has 2 aliphatic heterocycles. The molecule has 0 aliphatic carbocycles. The van der Waals surface area contributed by atoms with Crippen molar-refractivity contribution in [1.29, 1.82) is 0 Å². The van der Waals surface area contributed by atoms with Gasteiger partial charge in [-0.05, 0) is 30.0 Å². The molecule has 1 atom stereocenters. The molecule has 0 bridgehead atoms. The molecular formula is C22H23F2N5O4. The number of nitrogen functional groups attached to an aromatic ring is 1. The molecule has 9 nitrogen and oxygen atoms in total. The molecule has 0 radical (unpaired) electrons. The van der Waals surface area contributed by atoms with Crippen LogP contribution in [0.5, 0.6) is 5.88 Å². The fraction of sp³-hybridized carbons (Fsp3) is 0.318. The van der Waals surface area contributed by atoms with Gasteiger partial charge in [0.25, 0.3) is 0 Å². The van der Waals surface area contributed by atoms with Gasteiger partial charge in [0.2, 0.25) is 5.88 Å². The highest BCUT2D eigenvalue weighted by Gasteiger charge is 2.21. The number of alkyl halides is 1. The minimum Gasteiger partial charge on any atom is -0.474 e. The number of ether oxygens (including phenoxy) is 2. The van der Waals surface area contributed by atoms with Crippen LogP contribution in [0.2, 0.25) is 0 Å². The Balaban J connectivity index is 0.000000376. The monoisotopic (exact) mass is 459 g/mol. The van der Waals surface area contributed by atoms with Gasteiger partial charge in [-0.1, -0.05) is 0 Å². The fourth-order valence-electron chi connectivity index (χ4n) is 3.67. The number of carboxylic acid groups (broad SMARTS) is 1. The topological polar surface area (TPSA) is 132 Å². The van der Waals surface area contributed by atoms with Crippen LogP contribution in [0.15, 0.2) is 24.5 Å². The third-order valence-electron chi connectivity index (χ3n) is 5.34. The number of pyridine rings is 2. The lowest BCUT2D eigenvalue weighted by atomic mass is 9.97. The van der Waals surface area contributed by atoms with Crippen molar-refractivity contribution in [3.63, 3.8) is 0 Å². The average Bonchev–Trinajstić information content (AvgIpc) is 3.28. The first-order chi connectivity index (χ1) is 15.8. The van der Waals surface area contributed by atoms with Crippen LogP contribution >= 0.6 is 0 Å². The van der Waals surface area contributed by atoms with E-state index >= 15 is 0 Å². The maximum Gasteiger partial charge on any atom is 0.410 e. The molecule has 1 unspecified atom stereocenters. The van der Waals surface area contributed by atoms with Crippen molar-refractivity contribution in [3.8, 4) is 17.0 Å². The molecule has 1 fully saturated rings. The number of benzene rings is 1. The molecule has 11 heteroatoms. The SMILES string of the molecule is Cc1c(-c2cc3cc(NC(=O)O)ncc3c(N)c2F)cnc2c1NCCO2.FC1CCOC1. The Morgan fingerprint density at radius 2 is 2.09 bits per heavy atom. The number of carbonyl (C=O) groups is 1. The lowest BCUT2D eigenvalue weighted by molar-refractivity contribution is 0.173. The van der Waals surface area contributed by atoms with Crippen molar-refractivity contribution < 1.29 is 28.2 Å². The molecule has 2 aromatic heterocycles. The molecule has 0 saturated carbocycles. The van der Waals surface area contributed by atoms with Gasteiger partial charge in [-0.2, -0.15) is 0 Å². The summed E-state index contributed by atoms with van der Waals surface area (Å²) in [6, 6.07) is 3.11. The summed E-state index contributed by atoms with van der Waals surface area (Å²) >= 11 is 0. The molecule has 1 aromatic carbocycles. The van der Waals surface area contributed by atoms with Gasteiger partial charge in [0.05, 0.1) is 12.3 Å². The number of hydrogen-bond donors (Lipinski definition) is 4. The number of amides is 1. The lowest BCUT2D eigenvalue weighted by Gasteiger charge is -2.22. The number of rotatable bonds is 2. The Kier molecular flexibility index (Phi) is 6.40. The highest BCUT2D eigenvalue weighted by molar-refractivity contribution is 5.99. The molecule has 2 aliphatic rings. The average molecular weight is 459 g/mol. The largest absolute Gasteiger partial charge is 0.474 e. The van der Waals surface area contributed by atoms with Crippen molar-refractivity contribution in [2.75, 3.05) is 42.7 Å². The molecule has 5 N–H and O–H groups in total. The molecular weight excluding hydrogens is 436 g/mol. The van der Waals surface area contributed by atoms with Crippen LogP contribution in [0.4, 0.5) is 30.8 Å². The van der Waals surface area contributed by atoms with Gasteiger partial charge in [-0.3, -0.25) is 5.32 Å². The first-order valence-corrected chi connectivity index (χ1v) is 10.3. The molecule has 33 heavy (non-hydrogen) atoms. The van der Waals surface area contributed by atoms with E-state index in [4.69, 9.17) is 15.6 Å². The molecule has 3 aromatic rings. The van der Waals surface area contributed by atoms with Crippen LogP contribution < -0.4 is 21.1 Å². The summed E-state index contributed by atoms with van der Waals surface area (Å²) in [5.41, 5.74) is 8.28. The number of anilines is 3. The quantitative estimate of drug-likeness (QED) is 0.424. The first-order valence-electron chi connectivity index (χ1n) is 10.3. The molecule has 5 rings (SSSR count). The summed E-state index contributed by atoms with van der Waals surface area (Å²) in [7, 11) is 0. The van der Waals surface area contributed by atoms with E-state index in [-0.39, 0.29) is 17.1 Å². The van der Waals surface area contributed by atoms with Crippen molar-refractivity contribution in [2.24, 2.45) is 0 Å². The first kappa shape index (κ1) is 22.5. The van der Waals surface area contributed by atoms with Crippen molar-refractivity contribution in [3.05, 3.63) is 35.9 Å². The Hall–Kier alpha value is -3.73. The van der Waals surface area contributed by atoms with Crippen molar-refractivity contribution in [2.45, 2.75) is 19.5 Å². The number of nitrogens with two attached hydrogens (primary N) is 1. The fourth-order valence-corrected chi connectivity index (χ4v) is 3.67. The maximum absolute atomic E-state index is 15.0. The molecule has 1 amide bonds. The second-order valence-electron chi connectivity index (χ2n) is 7.59. The van der Waals surface area contributed by atoms with Gasteiger partial charge >= 0.3 is 6.09 Å². The number of hydrogen-bond acceptors (Lipinski definition) is 7. The second-order valence-corrected chi connectivity index (χ2v) is 7.59. The van der Waals surface area contributed by atoms with Crippen LogP contribution in [0, 0.1) is 12.7 Å². The summed E-state index contributed by atoms with van der Waals surface area (Å²) in [6.07, 6.45) is 1.57. The Labute approximate surface area is 187 Å². The van der Waals surface area contributed by atoms with E-state index in [1.165, 1.54) is 12.3 Å². The van der Waals surface area contributed by atoms with E-state index in [0.717, 1.165) is 11.3 Å². The van der Waals surface area contributed by atoms with E-state index in [9.17, 15) is 13.6 Å². The molecule has 0 spiro atoms. The summed E-state index contributed by atoms with van der Waals surface area (Å²) in [6.45, 7) is 3.93. The number of aromatic nitrogens is 2. The second kappa shape index (κ2) is 9.41. The van der Waals surface area contributed by atoms with Crippen LogP contribution in [0.25, 0.3) is 21.9 Å². The van der Waals surface area contributed by atoms with E-state index < -0.39 is 18.1 Å². The predicted octanol–water partition coefficient (Wildman–Crippen LogP) is 3.97. The summed E-state index contributed by atoms with van der Waals surface area (Å²) in [4.78, 5) is 19.1. The summed E-state index contributed by atoms with van der Waals surface area (Å²) < 4.78 is 37.0. The van der Waals surface area contributed by atoms with Gasteiger partial charge in [0.15, 0.2) is 5.82 Å². The normalized spacial score (nSPS) is 16.8. The van der Waals surface area contributed by atoms with Gasteiger partial charge in [0.1, 0.15) is 24.3 Å². The standard InChI is InChI=1S/C18H16FN5O3.C4H7FO/c1-8-11(6-23-17-16(8)21-2-3-27-17)10-4-9-5-13(24-18(25)26)22-7-12(9)15(20)14(10)19;5-4-1-2-6-3-4/h4-7,21H,2-3,20H2,1H3,(H,22,24)(H,25,26);4H,1-3H2. The van der Waals surface area contributed by atoms with Crippen molar-refractivity contribution in [1.82, 2.24) is 9.97 Å². The number of nitrogens with one attached hydrogen (secondary N) is 2. The van der Waals surface area contributed by atoms with Gasteiger partial charge in [0, 0.05) is 48.5 Å².